The molecule has 0 radical (unpaired) electrons. The van der Waals surface area contributed by atoms with E-state index in [2.05, 4.69) is 34.3 Å². The Bertz CT molecular complexity index is 405. The van der Waals surface area contributed by atoms with Gasteiger partial charge in [-0.25, -0.2) is 0 Å². The highest BCUT2D eigenvalue weighted by Crippen LogP contribution is 2.50. The quantitative estimate of drug-likeness (QED) is 0.904. The lowest BCUT2D eigenvalue weighted by atomic mass is 10.0. The lowest BCUT2D eigenvalue weighted by molar-refractivity contribution is 0.190. The number of piperazine rings is 1. The van der Waals surface area contributed by atoms with Crippen LogP contribution in [0.5, 0.6) is 0 Å². The van der Waals surface area contributed by atoms with Gasteiger partial charge in [-0.05, 0) is 26.3 Å². The molecule has 0 bridgehead atoms. The van der Waals surface area contributed by atoms with Crippen molar-refractivity contribution < 1.29 is 4.52 Å². The molecule has 2 fully saturated rings. The van der Waals surface area contributed by atoms with Crippen LogP contribution in [0.4, 0.5) is 0 Å². The summed E-state index contributed by atoms with van der Waals surface area (Å²) in [6, 6.07) is 0.258. The van der Waals surface area contributed by atoms with Crippen molar-refractivity contribution in [2.75, 3.05) is 26.7 Å². The van der Waals surface area contributed by atoms with Crippen LogP contribution in [0.25, 0.3) is 0 Å². The number of halogens is 1. The Hall–Kier alpha value is -0.650. The molecular weight excluding hydrogens is 252 g/mol. The molecule has 0 amide bonds. The zero-order chi connectivity index (χ0) is 11.9. The van der Waals surface area contributed by atoms with Crippen LogP contribution in [0.3, 0.4) is 0 Å². The zero-order valence-corrected chi connectivity index (χ0v) is 11.8. The SMILES string of the molecule is CCC1(c2nc(C3CNCCN3C)no2)CC1.Cl. The molecule has 3 rings (SSSR count). The Morgan fingerprint density at radius 3 is 2.89 bits per heavy atom. The molecule has 0 spiro atoms. The van der Waals surface area contributed by atoms with Gasteiger partial charge >= 0.3 is 0 Å². The van der Waals surface area contributed by atoms with Gasteiger partial charge < -0.3 is 9.84 Å². The second-order valence-electron chi connectivity index (χ2n) is 5.29. The molecule has 1 aromatic heterocycles. The molecule has 1 saturated heterocycles. The minimum Gasteiger partial charge on any atom is -0.339 e. The van der Waals surface area contributed by atoms with E-state index in [0.717, 1.165) is 37.8 Å². The number of rotatable bonds is 3. The third-order valence-corrected chi connectivity index (χ3v) is 4.23. The minimum atomic E-state index is 0. The molecule has 1 aromatic rings. The second kappa shape index (κ2) is 5.15. The number of hydrogen-bond acceptors (Lipinski definition) is 5. The Labute approximate surface area is 114 Å². The smallest absolute Gasteiger partial charge is 0.232 e. The van der Waals surface area contributed by atoms with Crippen molar-refractivity contribution in [2.24, 2.45) is 0 Å². The minimum absolute atomic E-state index is 0. The Morgan fingerprint density at radius 1 is 1.50 bits per heavy atom. The fourth-order valence-corrected chi connectivity index (χ4v) is 2.55. The maximum Gasteiger partial charge on any atom is 0.232 e. The standard InChI is InChI=1S/C12H20N4O.ClH/c1-3-12(4-5-12)11-14-10(15-17-11)9-8-13-6-7-16(9)2;/h9,13H,3-8H2,1-2H3;1H. The highest BCUT2D eigenvalue weighted by Gasteiger charge is 2.48. The summed E-state index contributed by atoms with van der Waals surface area (Å²) in [4.78, 5) is 6.92. The molecule has 1 unspecified atom stereocenters. The fraction of sp³-hybridized carbons (Fsp3) is 0.833. The number of aromatic nitrogens is 2. The molecule has 6 heteroatoms. The summed E-state index contributed by atoms with van der Waals surface area (Å²) in [6.07, 6.45) is 3.50. The van der Waals surface area contributed by atoms with Gasteiger partial charge in [-0.3, -0.25) is 4.90 Å². The summed E-state index contributed by atoms with van der Waals surface area (Å²) in [7, 11) is 2.12. The van der Waals surface area contributed by atoms with Crippen molar-refractivity contribution >= 4 is 12.4 Å². The van der Waals surface area contributed by atoms with Crippen molar-refractivity contribution in [2.45, 2.75) is 37.6 Å². The van der Waals surface area contributed by atoms with Crippen molar-refractivity contribution in [1.82, 2.24) is 20.4 Å². The zero-order valence-electron chi connectivity index (χ0n) is 11.0. The lowest BCUT2D eigenvalue weighted by Crippen LogP contribution is -2.44. The van der Waals surface area contributed by atoms with Crippen LogP contribution < -0.4 is 5.32 Å². The van der Waals surface area contributed by atoms with Crippen LogP contribution in [0.2, 0.25) is 0 Å². The van der Waals surface area contributed by atoms with Gasteiger partial charge in [0.2, 0.25) is 5.89 Å². The van der Waals surface area contributed by atoms with Gasteiger partial charge in [-0.1, -0.05) is 12.1 Å². The lowest BCUT2D eigenvalue weighted by Gasteiger charge is -2.30. The number of nitrogens with zero attached hydrogens (tertiary/aromatic N) is 3. The van der Waals surface area contributed by atoms with Crippen LogP contribution >= 0.6 is 12.4 Å². The number of hydrogen-bond donors (Lipinski definition) is 1. The average molecular weight is 273 g/mol. The van der Waals surface area contributed by atoms with Crippen molar-refractivity contribution in [3.05, 3.63) is 11.7 Å². The molecule has 1 aliphatic heterocycles. The summed E-state index contributed by atoms with van der Waals surface area (Å²) >= 11 is 0. The third kappa shape index (κ3) is 2.27. The molecule has 1 N–H and O–H groups in total. The Kier molecular flexibility index (Phi) is 3.94. The number of nitrogens with one attached hydrogen (secondary N) is 1. The maximum absolute atomic E-state index is 5.47. The Morgan fingerprint density at radius 2 is 2.28 bits per heavy atom. The molecule has 1 aliphatic carbocycles. The molecule has 102 valence electrons. The van der Waals surface area contributed by atoms with Crippen molar-refractivity contribution in [3.63, 3.8) is 0 Å². The molecule has 18 heavy (non-hydrogen) atoms. The topological polar surface area (TPSA) is 54.2 Å². The number of likely N-dealkylation sites (N-methyl/N-ethyl adjacent to an activating group) is 1. The largest absolute Gasteiger partial charge is 0.339 e. The van der Waals surface area contributed by atoms with Gasteiger partial charge in [0, 0.05) is 25.0 Å². The Balaban J connectivity index is 0.00000120. The van der Waals surface area contributed by atoms with Gasteiger partial charge in [-0.15, -0.1) is 12.4 Å². The van der Waals surface area contributed by atoms with Gasteiger partial charge in [0.15, 0.2) is 5.82 Å². The molecule has 1 atom stereocenters. The fourth-order valence-electron chi connectivity index (χ4n) is 2.55. The van der Waals surface area contributed by atoms with Crippen molar-refractivity contribution in [1.29, 1.82) is 0 Å². The first-order valence-electron chi connectivity index (χ1n) is 6.50. The average Bonchev–Trinajstić information content (AvgIpc) is 3.00. The molecular formula is C12H21ClN4O. The normalized spacial score (nSPS) is 26.7. The van der Waals surface area contributed by atoms with E-state index < -0.39 is 0 Å². The first kappa shape index (κ1) is 13.8. The van der Waals surface area contributed by atoms with Crippen LogP contribution in [0, 0.1) is 0 Å². The van der Waals surface area contributed by atoms with Crippen LogP contribution in [0.15, 0.2) is 4.52 Å². The van der Waals surface area contributed by atoms with E-state index in [1.54, 1.807) is 0 Å². The summed E-state index contributed by atoms with van der Waals surface area (Å²) in [6.45, 7) is 5.18. The third-order valence-electron chi connectivity index (χ3n) is 4.23. The predicted molar refractivity (Wildman–Crippen MR) is 71.0 cm³/mol. The molecule has 5 nitrogen and oxygen atoms in total. The van der Waals surface area contributed by atoms with Gasteiger partial charge in [-0.2, -0.15) is 4.98 Å². The van der Waals surface area contributed by atoms with E-state index >= 15 is 0 Å². The van der Waals surface area contributed by atoms with E-state index in [-0.39, 0.29) is 23.9 Å². The van der Waals surface area contributed by atoms with E-state index in [0.29, 0.717) is 0 Å². The van der Waals surface area contributed by atoms with Gasteiger partial charge in [0.05, 0.1) is 6.04 Å². The first-order valence-corrected chi connectivity index (χ1v) is 6.50. The molecule has 2 aliphatic rings. The van der Waals surface area contributed by atoms with Crippen molar-refractivity contribution in [3.8, 4) is 0 Å². The van der Waals surface area contributed by atoms with Crippen LogP contribution in [0.1, 0.15) is 43.9 Å². The van der Waals surface area contributed by atoms with E-state index in [9.17, 15) is 0 Å². The molecule has 2 heterocycles. The van der Waals surface area contributed by atoms with Crippen LogP contribution in [-0.2, 0) is 5.41 Å². The monoisotopic (exact) mass is 272 g/mol. The maximum atomic E-state index is 5.47. The van der Waals surface area contributed by atoms with Gasteiger partial charge in [0.1, 0.15) is 0 Å². The second-order valence-corrected chi connectivity index (χ2v) is 5.29. The highest BCUT2D eigenvalue weighted by molar-refractivity contribution is 5.85. The summed E-state index contributed by atoms with van der Waals surface area (Å²) < 4.78 is 5.47. The summed E-state index contributed by atoms with van der Waals surface area (Å²) in [5, 5.41) is 7.55. The highest BCUT2D eigenvalue weighted by atomic mass is 35.5. The molecule has 0 aromatic carbocycles. The van der Waals surface area contributed by atoms with Crippen LogP contribution in [-0.4, -0.2) is 41.7 Å². The predicted octanol–water partition coefficient (Wildman–Crippen LogP) is 1.51. The molecule has 1 saturated carbocycles. The van der Waals surface area contributed by atoms with E-state index in [1.165, 1.54) is 12.8 Å². The summed E-state index contributed by atoms with van der Waals surface area (Å²) in [5.41, 5.74) is 0.214. The van der Waals surface area contributed by atoms with E-state index in [1.807, 2.05) is 0 Å². The van der Waals surface area contributed by atoms with E-state index in [4.69, 9.17) is 4.52 Å². The van der Waals surface area contributed by atoms with Gasteiger partial charge in [0.25, 0.3) is 0 Å². The first-order chi connectivity index (χ1) is 8.25. The summed E-state index contributed by atoms with van der Waals surface area (Å²) in [5.74, 6) is 1.70.